The Bertz CT molecular complexity index is 479. The van der Waals surface area contributed by atoms with E-state index in [0.717, 1.165) is 19.4 Å². The van der Waals surface area contributed by atoms with Crippen molar-refractivity contribution in [3.05, 3.63) is 29.6 Å². The van der Waals surface area contributed by atoms with E-state index in [9.17, 15) is 9.18 Å². The van der Waals surface area contributed by atoms with Gasteiger partial charge in [-0.2, -0.15) is 0 Å². The molecule has 2 rings (SSSR count). The summed E-state index contributed by atoms with van der Waals surface area (Å²) in [6.07, 6.45) is 1.85. The van der Waals surface area contributed by atoms with E-state index < -0.39 is 11.8 Å². The highest BCUT2D eigenvalue weighted by Crippen LogP contribution is 2.24. The van der Waals surface area contributed by atoms with Gasteiger partial charge < -0.3 is 15.3 Å². The third-order valence-electron chi connectivity index (χ3n) is 3.80. The van der Waals surface area contributed by atoms with Crippen LogP contribution in [0.15, 0.2) is 18.2 Å². The Morgan fingerprint density at radius 3 is 2.89 bits per heavy atom. The largest absolute Gasteiger partial charge is 0.478 e. The zero-order valence-corrected chi connectivity index (χ0v) is 11.2. The maximum Gasteiger partial charge on any atom is 0.340 e. The Kier molecular flexibility index (Phi) is 4.04. The lowest BCUT2D eigenvalue weighted by molar-refractivity contribution is 0.0693. The van der Waals surface area contributed by atoms with E-state index in [-0.39, 0.29) is 11.6 Å². The predicted octanol–water partition coefficient (Wildman–Crippen LogP) is 2.42. The lowest BCUT2D eigenvalue weighted by Crippen LogP contribution is -2.42. The smallest absolute Gasteiger partial charge is 0.340 e. The fraction of sp³-hybridized carbons (Fsp3) is 0.500. The van der Waals surface area contributed by atoms with E-state index >= 15 is 0 Å². The summed E-state index contributed by atoms with van der Waals surface area (Å²) in [5, 5.41) is 12.3. The SMILES string of the molecule is CC1CC(Nc2cccc(F)c2C(=O)O)CCN1C. The van der Waals surface area contributed by atoms with Gasteiger partial charge in [-0.15, -0.1) is 0 Å². The Morgan fingerprint density at radius 1 is 1.53 bits per heavy atom. The predicted molar refractivity (Wildman–Crippen MR) is 72.1 cm³/mol. The molecular weight excluding hydrogens is 247 g/mol. The number of hydrogen-bond acceptors (Lipinski definition) is 3. The van der Waals surface area contributed by atoms with Crippen LogP contribution in [0.3, 0.4) is 0 Å². The Balaban J connectivity index is 2.15. The molecular formula is C14H19FN2O2. The van der Waals surface area contributed by atoms with Crippen molar-refractivity contribution in [1.82, 2.24) is 4.90 Å². The molecule has 1 heterocycles. The van der Waals surface area contributed by atoms with E-state index in [2.05, 4.69) is 24.2 Å². The molecule has 0 amide bonds. The summed E-state index contributed by atoms with van der Waals surface area (Å²) in [5.41, 5.74) is 0.100. The molecule has 1 saturated heterocycles. The summed E-state index contributed by atoms with van der Waals surface area (Å²) in [6, 6.07) is 4.95. The third-order valence-corrected chi connectivity index (χ3v) is 3.80. The fourth-order valence-electron chi connectivity index (χ4n) is 2.50. The van der Waals surface area contributed by atoms with Crippen LogP contribution < -0.4 is 5.32 Å². The highest BCUT2D eigenvalue weighted by Gasteiger charge is 2.24. The number of rotatable bonds is 3. The molecule has 2 N–H and O–H groups in total. The molecule has 5 heteroatoms. The fourth-order valence-corrected chi connectivity index (χ4v) is 2.50. The van der Waals surface area contributed by atoms with Gasteiger partial charge >= 0.3 is 5.97 Å². The summed E-state index contributed by atoms with van der Waals surface area (Å²) < 4.78 is 13.6. The molecule has 0 saturated carbocycles. The van der Waals surface area contributed by atoms with Crippen LogP contribution in [0.1, 0.15) is 30.1 Å². The lowest BCUT2D eigenvalue weighted by atomic mass is 9.98. The molecule has 1 aromatic rings. The zero-order valence-electron chi connectivity index (χ0n) is 11.2. The second-order valence-corrected chi connectivity index (χ2v) is 5.16. The Morgan fingerprint density at radius 2 is 2.26 bits per heavy atom. The summed E-state index contributed by atoms with van der Waals surface area (Å²) in [4.78, 5) is 13.4. The van der Waals surface area contributed by atoms with Crippen LogP contribution in [0.25, 0.3) is 0 Å². The maximum atomic E-state index is 13.6. The number of likely N-dealkylation sites (tertiary alicyclic amines) is 1. The van der Waals surface area contributed by atoms with Gasteiger partial charge in [-0.05, 0) is 38.9 Å². The average Bonchev–Trinajstić information content (AvgIpc) is 2.33. The van der Waals surface area contributed by atoms with Gasteiger partial charge in [0.2, 0.25) is 0 Å². The van der Waals surface area contributed by atoms with Crippen molar-refractivity contribution in [2.24, 2.45) is 0 Å². The molecule has 0 aliphatic carbocycles. The van der Waals surface area contributed by atoms with Gasteiger partial charge in [0, 0.05) is 18.6 Å². The normalized spacial score (nSPS) is 24.2. The number of halogens is 1. The van der Waals surface area contributed by atoms with Crippen LogP contribution in [0, 0.1) is 5.82 Å². The first-order valence-corrected chi connectivity index (χ1v) is 6.47. The lowest BCUT2D eigenvalue weighted by Gasteiger charge is -2.36. The second-order valence-electron chi connectivity index (χ2n) is 5.16. The number of piperidine rings is 1. The molecule has 2 unspecified atom stereocenters. The molecule has 1 aromatic carbocycles. The molecule has 1 aliphatic rings. The minimum atomic E-state index is -1.23. The van der Waals surface area contributed by atoms with E-state index in [1.165, 1.54) is 12.1 Å². The Labute approximate surface area is 112 Å². The van der Waals surface area contributed by atoms with Crippen molar-refractivity contribution < 1.29 is 14.3 Å². The van der Waals surface area contributed by atoms with Gasteiger partial charge in [0.05, 0.1) is 5.69 Å². The van der Waals surface area contributed by atoms with Crippen molar-refractivity contribution in [3.8, 4) is 0 Å². The number of aromatic carboxylic acids is 1. The molecule has 19 heavy (non-hydrogen) atoms. The Hall–Kier alpha value is -1.62. The number of hydrogen-bond donors (Lipinski definition) is 2. The maximum absolute atomic E-state index is 13.6. The van der Waals surface area contributed by atoms with Gasteiger partial charge in [-0.3, -0.25) is 0 Å². The summed E-state index contributed by atoms with van der Waals surface area (Å²) in [5.74, 6) is -1.93. The molecule has 0 spiro atoms. The number of carboxylic acid groups (broad SMARTS) is 1. The van der Waals surface area contributed by atoms with Gasteiger partial charge in [0.1, 0.15) is 11.4 Å². The van der Waals surface area contributed by atoms with Gasteiger partial charge in [0.25, 0.3) is 0 Å². The van der Waals surface area contributed by atoms with Crippen LogP contribution in [0.4, 0.5) is 10.1 Å². The standard InChI is InChI=1S/C14H19FN2O2/c1-9-8-10(6-7-17(9)2)16-12-5-3-4-11(15)13(12)14(18)19/h3-5,9-10,16H,6-8H2,1-2H3,(H,18,19). The number of carboxylic acids is 1. The molecule has 4 nitrogen and oxygen atoms in total. The van der Waals surface area contributed by atoms with E-state index in [0.29, 0.717) is 11.7 Å². The highest BCUT2D eigenvalue weighted by molar-refractivity contribution is 5.94. The molecule has 2 atom stereocenters. The van der Waals surface area contributed by atoms with Crippen molar-refractivity contribution in [1.29, 1.82) is 0 Å². The number of anilines is 1. The van der Waals surface area contributed by atoms with Gasteiger partial charge in [-0.1, -0.05) is 6.07 Å². The monoisotopic (exact) mass is 266 g/mol. The number of nitrogens with one attached hydrogen (secondary N) is 1. The van der Waals surface area contributed by atoms with Crippen LogP contribution in [-0.4, -0.2) is 41.7 Å². The van der Waals surface area contributed by atoms with Crippen molar-refractivity contribution >= 4 is 11.7 Å². The molecule has 1 fully saturated rings. The van der Waals surface area contributed by atoms with Crippen molar-refractivity contribution in [2.45, 2.75) is 31.8 Å². The second kappa shape index (κ2) is 5.57. The summed E-state index contributed by atoms with van der Waals surface area (Å²) in [6.45, 7) is 3.09. The topological polar surface area (TPSA) is 52.6 Å². The molecule has 0 radical (unpaired) electrons. The highest BCUT2D eigenvalue weighted by atomic mass is 19.1. The zero-order chi connectivity index (χ0) is 14.0. The molecule has 1 aliphatic heterocycles. The quantitative estimate of drug-likeness (QED) is 0.882. The minimum Gasteiger partial charge on any atom is -0.478 e. The first-order valence-electron chi connectivity index (χ1n) is 6.47. The first kappa shape index (κ1) is 13.8. The van der Waals surface area contributed by atoms with Crippen molar-refractivity contribution in [3.63, 3.8) is 0 Å². The van der Waals surface area contributed by atoms with E-state index in [4.69, 9.17) is 5.11 Å². The minimum absolute atomic E-state index is 0.186. The van der Waals surface area contributed by atoms with Crippen LogP contribution >= 0.6 is 0 Å². The molecule has 0 bridgehead atoms. The average molecular weight is 266 g/mol. The third kappa shape index (κ3) is 3.04. The van der Waals surface area contributed by atoms with Crippen LogP contribution in [-0.2, 0) is 0 Å². The number of carbonyl (C=O) groups is 1. The van der Waals surface area contributed by atoms with Crippen LogP contribution in [0.2, 0.25) is 0 Å². The molecule has 0 aromatic heterocycles. The van der Waals surface area contributed by atoms with E-state index in [1.807, 2.05) is 0 Å². The van der Waals surface area contributed by atoms with Crippen molar-refractivity contribution in [2.75, 3.05) is 18.9 Å². The summed E-state index contributed by atoms with van der Waals surface area (Å²) >= 11 is 0. The molecule has 104 valence electrons. The first-order chi connectivity index (χ1) is 8.99. The number of benzene rings is 1. The number of nitrogens with zero attached hydrogens (tertiary/aromatic N) is 1. The van der Waals surface area contributed by atoms with Gasteiger partial charge in [-0.25, -0.2) is 9.18 Å². The van der Waals surface area contributed by atoms with Gasteiger partial charge in [0.15, 0.2) is 0 Å². The van der Waals surface area contributed by atoms with E-state index in [1.54, 1.807) is 6.07 Å². The summed E-state index contributed by atoms with van der Waals surface area (Å²) in [7, 11) is 2.08. The van der Waals surface area contributed by atoms with Crippen LogP contribution in [0.5, 0.6) is 0 Å².